The Morgan fingerprint density at radius 1 is 0.169 bits per heavy atom. The van der Waals surface area contributed by atoms with Gasteiger partial charge in [-0.1, -0.05) is 182 Å². The topological polar surface area (TPSA) is 174 Å². The van der Waals surface area contributed by atoms with Crippen LogP contribution in [-0.4, -0.2) is 50.2 Å². The summed E-state index contributed by atoms with van der Waals surface area (Å²) in [6.45, 7) is 0. The summed E-state index contributed by atoms with van der Waals surface area (Å²) in [7, 11) is 0. The number of aromatic nitrogens is 8. The molecule has 14 heteroatoms. The highest BCUT2D eigenvalue weighted by Crippen LogP contribution is 2.44. The lowest BCUT2D eigenvalue weighted by molar-refractivity contribution is 0.102. The van der Waals surface area contributed by atoms with Crippen LogP contribution in [0.4, 0.5) is 0 Å². The summed E-state index contributed by atoms with van der Waals surface area (Å²) in [4.78, 5) is 98.2. The Morgan fingerprint density at radius 3 is 0.694 bits per heavy atom. The van der Waals surface area contributed by atoms with Gasteiger partial charge in [0, 0.05) is 122 Å². The summed E-state index contributed by atoms with van der Waals surface area (Å²) in [6.07, 6.45) is 6.72. The minimum atomic E-state index is -0.207. The predicted molar refractivity (Wildman–Crippen MR) is 502 cm³/mol. The van der Waals surface area contributed by atoms with Crippen LogP contribution in [0.2, 0.25) is 0 Å². The fourth-order valence-corrected chi connectivity index (χ4v) is 19.6. The van der Waals surface area contributed by atoms with E-state index in [2.05, 4.69) is 221 Å². The van der Waals surface area contributed by atoms with E-state index in [0.29, 0.717) is 65.9 Å². The molecule has 0 atom stereocenters. The molecule has 0 saturated heterocycles. The SMILES string of the molecule is O=C(c1ccccn1)c1ccc(-c2ccc3c(c2)c2ccccc2n3-n2c3ccccc3c3cc(-c4ccc(C(=O)c5ccccn5)nc4)ccc32)cn1.O=c1c2ccccc2c2cc3c(=O)c4ccc(-c5ccc6c(c5)c5ccccc5n6-n5c6ccccc6c6cc(-c7ccc8c(=O)c9cc%10c(cc9c8c7)c(=O)c7ccccc7%10)ccc65)cc4c3cc12. The number of para-hydroxylation sites is 4. The lowest BCUT2D eigenvalue weighted by Gasteiger charge is -2.13. The molecular formula is C110H60N8O6. The number of nitrogens with zero attached hydrogens (tertiary/aromatic N) is 8. The van der Waals surface area contributed by atoms with Gasteiger partial charge in [-0.25, -0.2) is 18.7 Å². The zero-order valence-corrected chi connectivity index (χ0v) is 65.7. The zero-order chi connectivity index (χ0) is 82.4. The maximum absolute atomic E-state index is 13.9. The molecule has 0 aliphatic carbocycles. The molecule has 0 aliphatic heterocycles. The second kappa shape index (κ2) is 26.7. The Kier molecular flexibility index (Phi) is 15.1. The Labute approximate surface area is 701 Å². The monoisotopic (exact) mass is 1590 g/mol. The molecular weight excluding hydrogens is 1530 g/mol. The molecule has 0 N–H and O–H groups in total. The van der Waals surface area contributed by atoms with Gasteiger partial charge in [-0.3, -0.25) is 48.7 Å². The smallest absolute Gasteiger partial charge is 0.229 e. The number of rotatable bonds is 10. The van der Waals surface area contributed by atoms with E-state index in [1.54, 1.807) is 73.3 Å². The molecule has 0 saturated carbocycles. The van der Waals surface area contributed by atoms with E-state index in [4.69, 9.17) is 0 Å². The highest BCUT2D eigenvalue weighted by Gasteiger charge is 2.26. The van der Waals surface area contributed by atoms with Gasteiger partial charge in [0.05, 0.1) is 44.1 Å². The lowest BCUT2D eigenvalue weighted by atomic mass is 10.00. The Bertz CT molecular complexity index is 8850. The highest BCUT2D eigenvalue weighted by atomic mass is 16.1. The summed E-state index contributed by atoms with van der Waals surface area (Å²) in [6, 6.07) is 113. The maximum Gasteiger partial charge on any atom is 0.229 e. The molecule has 14 nitrogen and oxygen atoms in total. The van der Waals surface area contributed by atoms with Crippen molar-refractivity contribution in [3.05, 3.63) is 428 Å². The number of ketones is 2. The molecule has 124 heavy (non-hydrogen) atoms. The van der Waals surface area contributed by atoms with Crippen molar-refractivity contribution in [2.24, 2.45) is 0 Å². The first kappa shape index (κ1) is 70.0. The van der Waals surface area contributed by atoms with Gasteiger partial charge in [0.2, 0.25) is 11.6 Å². The average Bonchev–Trinajstić information content (AvgIpc) is 1.58. The molecule has 576 valence electrons. The van der Waals surface area contributed by atoms with E-state index in [0.717, 1.165) is 175 Å². The normalized spacial score (nSPS) is 12.1. The van der Waals surface area contributed by atoms with Crippen molar-refractivity contribution >= 4 is 185 Å². The average molecular weight is 1590 g/mol. The van der Waals surface area contributed by atoms with Crippen molar-refractivity contribution in [3.8, 4) is 44.5 Å². The van der Waals surface area contributed by atoms with E-state index in [1.807, 2.05) is 109 Å². The Balaban J connectivity index is 0.000000141. The van der Waals surface area contributed by atoms with Crippen molar-refractivity contribution < 1.29 is 9.59 Å². The van der Waals surface area contributed by atoms with E-state index in [-0.39, 0.29) is 33.3 Å². The van der Waals surface area contributed by atoms with Crippen molar-refractivity contribution in [1.82, 2.24) is 38.6 Å². The Morgan fingerprint density at radius 2 is 0.395 bits per heavy atom. The Hall–Kier alpha value is -17.1. The maximum atomic E-state index is 13.9. The molecule has 26 aromatic rings. The van der Waals surface area contributed by atoms with Crippen LogP contribution in [0.25, 0.3) is 218 Å². The predicted octanol–water partition coefficient (Wildman–Crippen LogP) is 23.6. The van der Waals surface area contributed by atoms with Crippen LogP contribution in [0.1, 0.15) is 32.4 Å². The number of hydrogen-bond acceptors (Lipinski definition) is 10. The molecule has 0 bridgehead atoms. The standard InChI is InChI=1S/C64H32N2O4.C46H28N6O2/c67-61-41-13-3-1-9-37(41)47-29-55-49(31-53(47)61)45-25-33(17-21-43(45)63(55)69)35-19-23-59-51(27-35)39-11-5-7-15-57(39)65(59)66-58-16-8-6-12-40(58)52-28-36(20-24-60(52)66)34-18-22-44-46(26-34)50-32-54-48(30-56(50)64(44)70)38-10-2-4-14-42(38)62(54)68;53-45(37-11-5-7-23-47-37)39-19-15-31(27-49-39)29-17-21-43-35(25-29)33-9-1-3-13-41(33)51(43)52-42-14-4-2-10-34(42)36-26-30(18-22-44(36)52)32-16-20-40(50-28-32)46(54)38-12-6-8-24-48-38/h1-32H;1-28H. The van der Waals surface area contributed by atoms with E-state index in [9.17, 15) is 28.8 Å². The zero-order valence-electron chi connectivity index (χ0n) is 65.7. The van der Waals surface area contributed by atoms with Crippen molar-refractivity contribution in [2.45, 2.75) is 0 Å². The third-order valence-corrected chi connectivity index (χ3v) is 25.4. The van der Waals surface area contributed by atoms with Gasteiger partial charge in [0.15, 0.2) is 21.7 Å². The number of carbonyl (C=O) groups excluding carboxylic acids is 2. The fraction of sp³-hybridized carbons (Fsp3) is 0. The first-order chi connectivity index (χ1) is 61.0. The number of benzene rings is 14. The van der Waals surface area contributed by atoms with Crippen LogP contribution in [0.5, 0.6) is 0 Å². The molecule has 8 heterocycles. The molecule has 26 rings (SSSR count). The first-order valence-electron chi connectivity index (χ1n) is 41.0. The number of fused-ring (bicyclic) bond motifs is 24. The molecule has 0 spiro atoms. The second-order valence-electron chi connectivity index (χ2n) is 32.0. The van der Waals surface area contributed by atoms with Gasteiger partial charge in [0.1, 0.15) is 22.8 Å². The van der Waals surface area contributed by atoms with Crippen molar-refractivity contribution in [2.75, 3.05) is 0 Å². The van der Waals surface area contributed by atoms with Gasteiger partial charge < -0.3 is 0 Å². The van der Waals surface area contributed by atoms with Gasteiger partial charge in [0.25, 0.3) is 0 Å². The fourth-order valence-electron chi connectivity index (χ4n) is 19.6. The van der Waals surface area contributed by atoms with Crippen molar-refractivity contribution in [3.63, 3.8) is 0 Å². The van der Waals surface area contributed by atoms with Gasteiger partial charge in [-0.05, 0) is 234 Å². The van der Waals surface area contributed by atoms with Crippen LogP contribution < -0.4 is 21.7 Å². The number of pyridine rings is 4. The summed E-state index contributed by atoms with van der Waals surface area (Å²) < 4.78 is 9.24. The van der Waals surface area contributed by atoms with Crippen LogP contribution in [0.3, 0.4) is 0 Å². The molecule has 0 fully saturated rings. The van der Waals surface area contributed by atoms with Gasteiger partial charge in [-0.2, -0.15) is 0 Å². The molecule has 0 amide bonds. The molecule has 18 aromatic carbocycles. The van der Waals surface area contributed by atoms with Crippen LogP contribution in [-0.2, 0) is 0 Å². The quantitative estimate of drug-likeness (QED) is 0.120. The third-order valence-electron chi connectivity index (χ3n) is 25.4. The van der Waals surface area contributed by atoms with Gasteiger partial charge >= 0.3 is 0 Å². The lowest BCUT2D eigenvalue weighted by Crippen LogP contribution is -2.08. The number of carbonyl (C=O) groups is 2. The summed E-state index contributed by atoms with van der Waals surface area (Å²) in [5, 5.41) is 20.8. The molecule has 0 unspecified atom stereocenters. The summed E-state index contributed by atoms with van der Waals surface area (Å²) in [5.41, 5.74) is 17.7. The highest BCUT2D eigenvalue weighted by molar-refractivity contribution is 6.25. The van der Waals surface area contributed by atoms with E-state index in [1.165, 1.54) is 0 Å². The summed E-state index contributed by atoms with van der Waals surface area (Å²) >= 11 is 0. The van der Waals surface area contributed by atoms with Gasteiger partial charge in [-0.15, -0.1) is 0 Å². The van der Waals surface area contributed by atoms with E-state index >= 15 is 0 Å². The molecule has 8 aromatic heterocycles. The second-order valence-corrected chi connectivity index (χ2v) is 32.0. The van der Waals surface area contributed by atoms with Crippen LogP contribution in [0, 0.1) is 0 Å². The minimum Gasteiger partial charge on any atom is -0.289 e. The first-order valence-corrected chi connectivity index (χ1v) is 41.0. The van der Waals surface area contributed by atoms with Crippen LogP contribution >= 0.6 is 0 Å². The largest absolute Gasteiger partial charge is 0.289 e. The summed E-state index contributed by atoms with van der Waals surface area (Å²) in [5.74, 6) is -0.414. The third kappa shape index (κ3) is 10.3. The molecule has 0 aliphatic rings. The number of hydrogen-bond donors (Lipinski definition) is 0. The van der Waals surface area contributed by atoms with E-state index < -0.39 is 0 Å². The molecule has 0 radical (unpaired) electrons. The minimum absolute atomic E-state index is 0.00434. The van der Waals surface area contributed by atoms with Crippen LogP contribution in [0.15, 0.2) is 384 Å². The van der Waals surface area contributed by atoms with Crippen molar-refractivity contribution in [1.29, 1.82) is 0 Å².